The van der Waals surface area contributed by atoms with Gasteiger partial charge < -0.3 is 10.6 Å². The second kappa shape index (κ2) is 6.19. The summed E-state index contributed by atoms with van der Waals surface area (Å²) in [5.41, 5.74) is 8.53. The third kappa shape index (κ3) is 3.70. The van der Waals surface area contributed by atoms with Crippen molar-refractivity contribution in [1.82, 2.24) is 0 Å². The van der Waals surface area contributed by atoms with Crippen LogP contribution in [-0.2, 0) is 0 Å². The largest absolute Gasteiger partial charge is 0.374 e. The number of hydrogen-bond donors (Lipinski definition) is 1. The number of aryl methyl sites for hydroxylation is 1. The van der Waals surface area contributed by atoms with Gasteiger partial charge in [0.15, 0.2) is 0 Å². The van der Waals surface area contributed by atoms with Gasteiger partial charge in [-0.25, -0.2) is 4.39 Å². The minimum absolute atomic E-state index is 0.156. The van der Waals surface area contributed by atoms with E-state index in [2.05, 4.69) is 18.7 Å². The molecule has 3 heteroatoms. The third-order valence-electron chi connectivity index (χ3n) is 3.25. The van der Waals surface area contributed by atoms with Crippen molar-refractivity contribution < 1.29 is 4.39 Å². The first kappa shape index (κ1) is 15.0. The van der Waals surface area contributed by atoms with E-state index in [9.17, 15) is 4.39 Å². The lowest BCUT2D eigenvalue weighted by Gasteiger charge is -2.25. The number of nitrogens with zero attached hydrogens (tertiary/aromatic N) is 1. The molecule has 2 nitrogen and oxygen atoms in total. The number of anilines is 1. The summed E-state index contributed by atoms with van der Waals surface area (Å²) in [4.78, 5) is 2.17. The molecule has 0 bridgehead atoms. The van der Waals surface area contributed by atoms with Crippen LogP contribution in [-0.4, -0.2) is 13.6 Å². The highest BCUT2D eigenvalue weighted by Crippen LogP contribution is 2.28. The fraction of sp³-hybridized carbons (Fsp3) is 0.600. The molecule has 0 aliphatic rings. The molecule has 1 aromatic rings. The van der Waals surface area contributed by atoms with Crippen molar-refractivity contribution in [1.29, 1.82) is 0 Å². The Morgan fingerprint density at radius 2 is 1.89 bits per heavy atom. The normalized spacial score (nSPS) is 12.9. The number of rotatable bonds is 5. The molecule has 0 unspecified atom stereocenters. The van der Waals surface area contributed by atoms with Crippen LogP contribution in [0.15, 0.2) is 12.1 Å². The number of halogens is 1. The van der Waals surface area contributed by atoms with Gasteiger partial charge in [0.25, 0.3) is 0 Å². The molecule has 1 atom stereocenters. The average molecular weight is 252 g/mol. The van der Waals surface area contributed by atoms with E-state index in [-0.39, 0.29) is 11.9 Å². The third-order valence-corrected chi connectivity index (χ3v) is 3.25. The zero-order valence-electron chi connectivity index (χ0n) is 12.1. The van der Waals surface area contributed by atoms with E-state index >= 15 is 0 Å². The Morgan fingerprint density at radius 3 is 2.39 bits per heavy atom. The standard InChI is InChI=1S/C15H25FN2/c1-10(2)6-7-18(5)15-8-11(3)14(16)9-13(15)12(4)17/h8-10,12H,6-7,17H2,1-5H3/t12-/m1/s1. The molecule has 2 N–H and O–H groups in total. The highest BCUT2D eigenvalue weighted by molar-refractivity contribution is 5.56. The topological polar surface area (TPSA) is 29.3 Å². The molecule has 0 spiro atoms. The molecule has 0 saturated heterocycles. The van der Waals surface area contributed by atoms with Crippen LogP contribution in [0.3, 0.4) is 0 Å². The summed E-state index contributed by atoms with van der Waals surface area (Å²) in [5.74, 6) is 0.482. The van der Waals surface area contributed by atoms with Crippen molar-refractivity contribution in [3.63, 3.8) is 0 Å². The van der Waals surface area contributed by atoms with Crippen LogP contribution in [0.25, 0.3) is 0 Å². The fourth-order valence-corrected chi connectivity index (χ4v) is 1.95. The zero-order chi connectivity index (χ0) is 13.9. The van der Waals surface area contributed by atoms with Crippen LogP contribution in [0, 0.1) is 18.7 Å². The Hall–Kier alpha value is -1.09. The maximum atomic E-state index is 13.6. The number of nitrogens with two attached hydrogens (primary N) is 1. The molecular formula is C15H25FN2. The Bertz CT molecular complexity index is 400. The second-order valence-electron chi connectivity index (χ2n) is 5.55. The SMILES string of the molecule is Cc1cc(N(C)CCC(C)C)c([C@@H](C)N)cc1F. The predicted molar refractivity (Wildman–Crippen MR) is 76.5 cm³/mol. The highest BCUT2D eigenvalue weighted by atomic mass is 19.1. The average Bonchev–Trinajstić information content (AvgIpc) is 2.28. The molecule has 0 aliphatic carbocycles. The van der Waals surface area contributed by atoms with Crippen LogP contribution in [0.2, 0.25) is 0 Å². The van der Waals surface area contributed by atoms with Crippen molar-refractivity contribution in [3.8, 4) is 0 Å². The van der Waals surface area contributed by atoms with Crippen molar-refractivity contribution in [2.75, 3.05) is 18.5 Å². The molecule has 0 saturated carbocycles. The van der Waals surface area contributed by atoms with Crippen LogP contribution in [0.4, 0.5) is 10.1 Å². The number of hydrogen-bond acceptors (Lipinski definition) is 2. The second-order valence-corrected chi connectivity index (χ2v) is 5.55. The smallest absolute Gasteiger partial charge is 0.126 e. The van der Waals surface area contributed by atoms with Gasteiger partial charge in [-0.2, -0.15) is 0 Å². The van der Waals surface area contributed by atoms with Gasteiger partial charge >= 0.3 is 0 Å². The van der Waals surface area contributed by atoms with Crippen molar-refractivity contribution in [2.24, 2.45) is 11.7 Å². The fourth-order valence-electron chi connectivity index (χ4n) is 1.95. The monoisotopic (exact) mass is 252 g/mol. The Kier molecular flexibility index (Phi) is 5.15. The molecule has 0 heterocycles. The lowest BCUT2D eigenvalue weighted by molar-refractivity contribution is 0.582. The lowest BCUT2D eigenvalue weighted by atomic mass is 10.0. The van der Waals surface area contributed by atoms with E-state index in [1.165, 1.54) is 0 Å². The maximum Gasteiger partial charge on any atom is 0.126 e. The zero-order valence-corrected chi connectivity index (χ0v) is 12.1. The van der Waals surface area contributed by atoms with Crippen LogP contribution >= 0.6 is 0 Å². The molecule has 0 fully saturated rings. The summed E-state index contributed by atoms with van der Waals surface area (Å²) in [6.07, 6.45) is 1.12. The van der Waals surface area contributed by atoms with E-state index in [4.69, 9.17) is 5.73 Å². The lowest BCUT2D eigenvalue weighted by Crippen LogP contribution is -2.23. The van der Waals surface area contributed by atoms with Crippen LogP contribution in [0.5, 0.6) is 0 Å². The van der Waals surface area contributed by atoms with E-state index in [1.54, 1.807) is 13.0 Å². The minimum Gasteiger partial charge on any atom is -0.374 e. The van der Waals surface area contributed by atoms with E-state index in [0.717, 1.165) is 24.2 Å². The first-order valence-electron chi connectivity index (χ1n) is 6.59. The highest BCUT2D eigenvalue weighted by Gasteiger charge is 2.14. The van der Waals surface area contributed by atoms with Gasteiger partial charge in [-0.3, -0.25) is 0 Å². The number of benzene rings is 1. The van der Waals surface area contributed by atoms with E-state index in [0.29, 0.717) is 11.5 Å². The molecule has 0 aromatic heterocycles. The van der Waals surface area contributed by atoms with Crippen molar-refractivity contribution >= 4 is 5.69 Å². The van der Waals surface area contributed by atoms with Gasteiger partial charge in [0.2, 0.25) is 0 Å². The van der Waals surface area contributed by atoms with Gasteiger partial charge in [-0.05, 0) is 49.4 Å². The van der Waals surface area contributed by atoms with E-state index < -0.39 is 0 Å². The van der Waals surface area contributed by atoms with E-state index in [1.807, 2.05) is 20.0 Å². The molecule has 1 rings (SSSR count). The Balaban J connectivity index is 3.02. The molecule has 18 heavy (non-hydrogen) atoms. The van der Waals surface area contributed by atoms with Crippen molar-refractivity contribution in [2.45, 2.75) is 40.2 Å². The van der Waals surface area contributed by atoms with Gasteiger partial charge in [-0.1, -0.05) is 13.8 Å². The van der Waals surface area contributed by atoms with Crippen LogP contribution < -0.4 is 10.6 Å². The molecular weight excluding hydrogens is 227 g/mol. The molecule has 0 aliphatic heterocycles. The summed E-state index contributed by atoms with van der Waals surface area (Å²) in [6, 6.07) is 3.31. The molecule has 0 amide bonds. The van der Waals surface area contributed by atoms with Crippen LogP contribution in [0.1, 0.15) is 44.4 Å². The molecule has 1 aromatic carbocycles. The summed E-state index contributed by atoms with van der Waals surface area (Å²) in [6.45, 7) is 9.05. The first-order chi connectivity index (χ1) is 8.32. The Morgan fingerprint density at radius 1 is 1.28 bits per heavy atom. The summed E-state index contributed by atoms with van der Waals surface area (Å²) >= 11 is 0. The van der Waals surface area contributed by atoms with Gasteiger partial charge in [0.05, 0.1) is 0 Å². The van der Waals surface area contributed by atoms with Gasteiger partial charge in [0, 0.05) is 25.3 Å². The van der Waals surface area contributed by atoms with Gasteiger partial charge in [0.1, 0.15) is 5.82 Å². The summed E-state index contributed by atoms with van der Waals surface area (Å²) < 4.78 is 13.6. The first-order valence-corrected chi connectivity index (χ1v) is 6.59. The minimum atomic E-state index is -0.177. The quantitative estimate of drug-likeness (QED) is 0.867. The van der Waals surface area contributed by atoms with Gasteiger partial charge in [-0.15, -0.1) is 0 Å². The summed E-state index contributed by atoms with van der Waals surface area (Å²) in [7, 11) is 2.04. The van der Waals surface area contributed by atoms with Crippen molar-refractivity contribution in [3.05, 3.63) is 29.1 Å². The Labute approximate surface area is 110 Å². The predicted octanol–water partition coefficient (Wildman–Crippen LogP) is 3.64. The summed E-state index contributed by atoms with van der Waals surface area (Å²) in [5, 5.41) is 0. The molecule has 102 valence electrons. The maximum absolute atomic E-state index is 13.6. The molecule has 0 radical (unpaired) electrons.